The molecule has 2 rings (SSSR count). The number of amides is 1. The van der Waals surface area contributed by atoms with Crippen molar-refractivity contribution in [1.29, 1.82) is 0 Å². The van der Waals surface area contributed by atoms with Crippen LogP contribution in [0.25, 0.3) is 0 Å². The standard InChI is InChI=1S/C15H21N3OS/c1-11(18(2)13-5-6-13)10-17-15(19)14-12(4-3-8-16)7-9-20-14/h7,9,11,13H,5-6,8,10,16H2,1-2H3,(H,17,19). The van der Waals surface area contributed by atoms with Crippen LogP contribution in [0.5, 0.6) is 0 Å². The Balaban J connectivity index is 1.89. The van der Waals surface area contributed by atoms with Crippen LogP contribution < -0.4 is 11.1 Å². The van der Waals surface area contributed by atoms with E-state index in [0.29, 0.717) is 30.1 Å². The average Bonchev–Trinajstić information content (AvgIpc) is 3.19. The van der Waals surface area contributed by atoms with E-state index in [-0.39, 0.29) is 5.91 Å². The zero-order valence-electron chi connectivity index (χ0n) is 12.0. The molecule has 108 valence electrons. The van der Waals surface area contributed by atoms with E-state index < -0.39 is 0 Å². The van der Waals surface area contributed by atoms with Crippen molar-refractivity contribution in [3.63, 3.8) is 0 Å². The SMILES string of the molecule is CC(CNC(=O)c1sccc1C#CCN)N(C)C1CC1. The van der Waals surface area contributed by atoms with Crippen molar-refractivity contribution >= 4 is 17.2 Å². The van der Waals surface area contributed by atoms with Crippen LogP contribution in [0.4, 0.5) is 0 Å². The van der Waals surface area contributed by atoms with Crippen molar-refractivity contribution in [3.8, 4) is 11.8 Å². The largest absolute Gasteiger partial charge is 0.350 e. The number of hydrogen-bond acceptors (Lipinski definition) is 4. The second-order valence-electron chi connectivity index (χ2n) is 5.12. The van der Waals surface area contributed by atoms with Gasteiger partial charge in [-0.05, 0) is 38.3 Å². The molecule has 1 unspecified atom stereocenters. The van der Waals surface area contributed by atoms with E-state index >= 15 is 0 Å². The lowest BCUT2D eigenvalue weighted by Gasteiger charge is -2.24. The van der Waals surface area contributed by atoms with Gasteiger partial charge in [-0.15, -0.1) is 11.3 Å². The van der Waals surface area contributed by atoms with Gasteiger partial charge < -0.3 is 11.1 Å². The summed E-state index contributed by atoms with van der Waals surface area (Å²) in [5.74, 6) is 5.68. The highest BCUT2D eigenvalue weighted by Gasteiger charge is 2.29. The van der Waals surface area contributed by atoms with Crippen LogP contribution in [0.2, 0.25) is 0 Å². The number of carbonyl (C=O) groups excluding carboxylic acids is 1. The molecule has 0 bridgehead atoms. The zero-order chi connectivity index (χ0) is 14.5. The molecule has 0 aliphatic heterocycles. The maximum absolute atomic E-state index is 12.2. The van der Waals surface area contributed by atoms with E-state index in [1.807, 2.05) is 11.4 Å². The van der Waals surface area contributed by atoms with Crippen LogP contribution >= 0.6 is 11.3 Å². The predicted molar refractivity (Wildman–Crippen MR) is 82.8 cm³/mol. The van der Waals surface area contributed by atoms with Crippen molar-refractivity contribution in [2.24, 2.45) is 5.73 Å². The maximum Gasteiger partial charge on any atom is 0.262 e. The van der Waals surface area contributed by atoms with Crippen LogP contribution in [-0.4, -0.2) is 43.0 Å². The Labute approximate surface area is 124 Å². The summed E-state index contributed by atoms with van der Waals surface area (Å²) in [6.45, 7) is 3.11. The van der Waals surface area contributed by atoms with Gasteiger partial charge in [0.2, 0.25) is 0 Å². The summed E-state index contributed by atoms with van der Waals surface area (Å²) in [7, 11) is 2.12. The molecule has 1 aliphatic carbocycles. The lowest BCUT2D eigenvalue weighted by Crippen LogP contribution is -2.41. The Morgan fingerprint density at radius 3 is 3.05 bits per heavy atom. The number of nitrogens with two attached hydrogens (primary N) is 1. The number of nitrogens with zero attached hydrogens (tertiary/aromatic N) is 1. The summed E-state index contributed by atoms with van der Waals surface area (Å²) >= 11 is 1.42. The Bertz CT molecular complexity index is 525. The van der Waals surface area contributed by atoms with Crippen molar-refractivity contribution in [2.45, 2.75) is 31.8 Å². The van der Waals surface area contributed by atoms with E-state index in [0.717, 1.165) is 5.56 Å². The highest BCUT2D eigenvalue weighted by Crippen LogP contribution is 2.26. The van der Waals surface area contributed by atoms with Crippen LogP contribution in [-0.2, 0) is 0 Å². The number of rotatable bonds is 5. The summed E-state index contributed by atoms with van der Waals surface area (Å²) in [5.41, 5.74) is 6.13. The first-order chi connectivity index (χ1) is 9.63. The van der Waals surface area contributed by atoms with Gasteiger partial charge in [0.15, 0.2) is 0 Å². The minimum absolute atomic E-state index is 0.0441. The molecule has 1 amide bonds. The van der Waals surface area contributed by atoms with E-state index in [2.05, 4.69) is 36.0 Å². The molecule has 0 saturated heterocycles. The molecule has 3 N–H and O–H groups in total. The van der Waals surface area contributed by atoms with E-state index in [9.17, 15) is 4.79 Å². The molecule has 0 spiro atoms. The molecular weight excluding hydrogens is 270 g/mol. The molecule has 1 atom stereocenters. The normalized spacial score (nSPS) is 15.6. The third-order valence-electron chi connectivity index (χ3n) is 3.57. The molecule has 0 radical (unpaired) electrons. The van der Waals surface area contributed by atoms with Gasteiger partial charge in [-0.1, -0.05) is 11.8 Å². The number of thiophene rings is 1. The molecule has 0 aromatic carbocycles. The molecule has 1 aliphatic rings. The van der Waals surface area contributed by atoms with Gasteiger partial charge in [-0.2, -0.15) is 0 Å². The summed E-state index contributed by atoms with van der Waals surface area (Å²) in [6, 6.07) is 2.92. The first-order valence-corrected chi connectivity index (χ1v) is 7.78. The van der Waals surface area contributed by atoms with Crippen molar-refractivity contribution in [3.05, 3.63) is 21.9 Å². The maximum atomic E-state index is 12.2. The van der Waals surface area contributed by atoms with Gasteiger partial charge in [0.1, 0.15) is 4.88 Å². The van der Waals surface area contributed by atoms with E-state index in [1.165, 1.54) is 24.2 Å². The molecule has 1 aromatic heterocycles. The Kier molecular flexibility index (Phi) is 5.18. The van der Waals surface area contributed by atoms with Gasteiger partial charge >= 0.3 is 0 Å². The van der Waals surface area contributed by atoms with E-state index in [4.69, 9.17) is 5.73 Å². The lowest BCUT2D eigenvalue weighted by molar-refractivity contribution is 0.0943. The van der Waals surface area contributed by atoms with Crippen molar-refractivity contribution < 1.29 is 4.79 Å². The van der Waals surface area contributed by atoms with Gasteiger partial charge in [-0.25, -0.2) is 0 Å². The van der Waals surface area contributed by atoms with Crippen LogP contribution in [0.15, 0.2) is 11.4 Å². The average molecular weight is 291 g/mol. The Morgan fingerprint density at radius 1 is 1.65 bits per heavy atom. The monoisotopic (exact) mass is 291 g/mol. The first kappa shape index (κ1) is 15.0. The predicted octanol–water partition coefficient (Wildman–Crippen LogP) is 1.27. The van der Waals surface area contributed by atoms with Gasteiger partial charge in [-0.3, -0.25) is 9.69 Å². The minimum atomic E-state index is -0.0441. The second kappa shape index (κ2) is 6.89. The topological polar surface area (TPSA) is 58.4 Å². The fraction of sp³-hybridized carbons (Fsp3) is 0.533. The number of nitrogens with one attached hydrogen (secondary N) is 1. The number of likely N-dealkylation sites (N-methyl/N-ethyl adjacent to an activating group) is 1. The molecule has 1 saturated carbocycles. The summed E-state index contributed by atoms with van der Waals surface area (Å²) in [5, 5.41) is 4.88. The quantitative estimate of drug-likeness (QED) is 0.803. The molecule has 4 nitrogen and oxygen atoms in total. The zero-order valence-corrected chi connectivity index (χ0v) is 12.8. The fourth-order valence-electron chi connectivity index (χ4n) is 2.04. The van der Waals surface area contributed by atoms with Crippen LogP contribution in [0.1, 0.15) is 35.0 Å². The Hall–Kier alpha value is -1.35. The molecular formula is C15H21N3OS. The van der Waals surface area contributed by atoms with Crippen molar-refractivity contribution in [1.82, 2.24) is 10.2 Å². The van der Waals surface area contributed by atoms with Crippen LogP contribution in [0, 0.1) is 11.8 Å². The molecule has 5 heteroatoms. The minimum Gasteiger partial charge on any atom is -0.350 e. The lowest BCUT2D eigenvalue weighted by atomic mass is 10.2. The van der Waals surface area contributed by atoms with Gasteiger partial charge in [0, 0.05) is 24.2 Å². The highest BCUT2D eigenvalue weighted by molar-refractivity contribution is 7.12. The van der Waals surface area contributed by atoms with Crippen LogP contribution in [0.3, 0.4) is 0 Å². The third-order valence-corrected chi connectivity index (χ3v) is 4.49. The number of carbonyl (C=O) groups is 1. The molecule has 20 heavy (non-hydrogen) atoms. The van der Waals surface area contributed by atoms with Gasteiger partial charge in [0.05, 0.1) is 6.54 Å². The molecule has 1 fully saturated rings. The smallest absolute Gasteiger partial charge is 0.262 e. The summed E-state index contributed by atoms with van der Waals surface area (Å²) in [6.07, 6.45) is 2.55. The fourth-order valence-corrected chi connectivity index (χ4v) is 2.80. The molecule has 1 heterocycles. The van der Waals surface area contributed by atoms with Gasteiger partial charge in [0.25, 0.3) is 5.91 Å². The van der Waals surface area contributed by atoms with E-state index in [1.54, 1.807) is 0 Å². The van der Waals surface area contributed by atoms with Crippen molar-refractivity contribution in [2.75, 3.05) is 20.1 Å². The Morgan fingerprint density at radius 2 is 2.40 bits per heavy atom. The molecule has 1 aromatic rings. The highest BCUT2D eigenvalue weighted by atomic mass is 32.1. The third kappa shape index (κ3) is 3.83. The number of hydrogen-bond donors (Lipinski definition) is 2. The summed E-state index contributed by atoms with van der Waals surface area (Å²) < 4.78 is 0. The second-order valence-corrected chi connectivity index (χ2v) is 6.04. The first-order valence-electron chi connectivity index (χ1n) is 6.90. The summed E-state index contributed by atoms with van der Waals surface area (Å²) in [4.78, 5) is 15.2.